The fraction of sp³-hybridized carbons (Fsp3) is 0.125. The molecule has 8 heteroatoms. The Labute approximate surface area is 183 Å². The molecule has 0 spiro atoms. The molecule has 6 nitrogen and oxygen atoms in total. The maximum absolute atomic E-state index is 13.3. The van der Waals surface area contributed by atoms with Gasteiger partial charge < -0.3 is 10.1 Å². The zero-order valence-electron chi connectivity index (χ0n) is 17.1. The Morgan fingerprint density at radius 1 is 0.969 bits per heavy atom. The third-order valence-electron chi connectivity index (χ3n) is 5.15. The molecule has 4 rings (SSSR count). The number of carbonyl (C=O) groups is 2. The van der Waals surface area contributed by atoms with Crippen LogP contribution in [0.2, 0.25) is 0 Å². The van der Waals surface area contributed by atoms with E-state index in [1.54, 1.807) is 54.4 Å². The number of rotatable bonds is 5. The molecule has 32 heavy (non-hydrogen) atoms. The van der Waals surface area contributed by atoms with Crippen LogP contribution < -0.4 is 15.5 Å². The largest absolute Gasteiger partial charge is 0.497 e. The number of ether oxygens (including phenoxy) is 1. The molecule has 1 fully saturated rings. The second-order valence-corrected chi connectivity index (χ2v) is 7.24. The summed E-state index contributed by atoms with van der Waals surface area (Å²) in [6, 6.07) is 16.4. The fourth-order valence-electron chi connectivity index (χ4n) is 3.52. The highest BCUT2D eigenvalue weighted by atomic mass is 19.1. The van der Waals surface area contributed by atoms with E-state index in [9.17, 15) is 18.4 Å². The molecule has 162 valence electrons. The summed E-state index contributed by atoms with van der Waals surface area (Å²) >= 11 is 0. The van der Waals surface area contributed by atoms with Crippen molar-refractivity contribution in [3.8, 4) is 5.75 Å². The Hall–Kier alpha value is -4.07. The normalized spacial score (nSPS) is 19.0. The van der Waals surface area contributed by atoms with Crippen LogP contribution in [-0.4, -0.2) is 35.9 Å². The molecule has 1 saturated heterocycles. The van der Waals surface area contributed by atoms with Crippen molar-refractivity contribution in [3.63, 3.8) is 0 Å². The van der Waals surface area contributed by atoms with Crippen molar-refractivity contribution >= 4 is 18.0 Å². The van der Waals surface area contributed by atoms with Crippen LogP contribution in [0.25, 0.3) is 0 Å². The summed E-state index contributed by atoms with van der Waals surface area (Å²) in [7, 11) is 1.55. The first-order valence-electron chi connectivity index (χ1n) is 9.84. The first-order chi connectivity index (χ1) is 15.4. The van der Waals surface area contributed by atoms with Gasteiger partial charge in [-0.05, 0) is 72.8 Å². The number of hydrazone groups is 1. The lowest BCUT2D eigenvalue weighted by molar-refractivity contribution is -0.596. The minimum absolute atomic E-state index is 0.230. The monoisotopic (exact) mass is 436 g/mol. The van der Waals surface area contributed by atoms with Crippen LogP contribution in [0.5, 0.6) is 5.75 Å². The summed E-state index contributed by atoms with van der Waals surface area (Å²) in [5.41, 5.74) is 4.38. The number of hydrogen-bond acceptors (Lipinski definition) is 3. The molecule has 0 aliphatic carbocycles. The molecule has 2 amide bonds. The summed E-state index contributed by atoms with van der Waals surface area (Å²) < 4.78 is 33.3. The average Bonchev–Trinajstić information content (AvgIpc) is 3.10. The topological polar surface area (TPSA) is 70.4 Å². The number of carbonyl (C=O) groups excluding carboxylic acids is 2. The molecule has 0 unspecified atom stereocenters. The Balaban J connectivity index is 1.69. The van der Waals surface area contributed by atoms with Crippen LogP contribution in [0.3, 0.4) is 0 Å². The van der Waals surface area contributed by atoms with E-state index in [-0.39, 0.29) is 11.4 Å². The van der Waals surface area contributed by atoms with Crippen molar-refractivity contribution in [2.24, 2.45) is 0 Å². The van der Waals surface area contributed by atoms with Crippen molar-refractivity contribution in [1.29, 1.82) is 0 Å². The molecule has 0 bridgehead atoms. The molecule has 0 saturated carbocycles. The van der Waals surface area contributed by atoms with Crippen LogP contribution in [0.4, 0.5) is 8.78 Å². The van der Waals surface area contributed by atoms with E-state index >= 15 is 0 Å². The van der Waals surface area contributed by atoms with E-state index in [2.05, 4.69) is 10.7 Å². The molecule has 1 heterocycles. The van der Waals surface area contributed by atoms with E-state index < -0.39 is 29.7 Å². The van der Waals surface area contributed by atoms with E-state index in [4.69, 9.17) is 4.74 Å². The zero-order valence-corrected chi connectivity index (χ0v) is 17.1. The molecular formula is C24H20F2N3O3+. The van der Waals surface area contributed by atoms with Gasteiger partial charge in [0.1, 0.15) is 17.4 Å². The van der Waals surface area contributed by atoms with Crippen LogP contribution in [-0.2, 0) is 4.79 Å². The lowest BCUT2D eigenvalue weighted by Gasteiger charge is -2.15. The number of nitrogens with zero attached hydrogens (tertiary/aromatic N) is 1. The van der Waals surface area contributed by atoms with Crippen molar-refractivity contribution in [1.82, 2.24) is 10.7 Å². The minimum Gasteiger partial charge on any atom is -0.497 e. The highest BCUT2D eigenvalue weighted by Crippen LogP contribution is 2.27. The van der Waals surface area contributed by atoms with Crippen molar-refractivity contribution in [2.75, 3.05) is 7.11 Å². The maximum atomic E-state index is 13.3. The summed E-state index contributed by atoms with van der Waals surface area (Å²) in [6.07, 6.45) is 1.66. The van der Waals surface area contributed by atoms with Gasteiger partial charge in [0.05, 0.1) is 7.11 Å². The predicted molar refractivity (Wildman–Crippen MR) is 113 cm³/mol. The summed E-state index contributed by atoms with van der Waals surface area (Å²) in [4.78, 5) is 25.6. The molecule has 0 radical (unpaired) electrons. The third-order valence-corrected chi connectivity index (χ3v) is 5.15. The van der Waals surface area contributed by atoms with Gasteiger partial charge in [-0.3, -0.25) is 9.59 Å². The minimum atomic E-state index is -0.933. The first-order valence-corrected chi connectivity index (χ1v) is 9.84. The zero-order chi connectivity index (χ0) is 22.7. The Kier molecular flexibility index (Phi) is 5.93. The number of amides is 2. The Bertz CT molecular complexity index is 1160. The van der Waals surface area contributed by atoms with Gasteiger partial charge in [0.15, 0.2) is 6.04 Å². The summed E-state index contributed by atoms with van der Waals surface area (Å²) in [5, 5.41) is 2.74. The number of hydrazine groups is 1. The second-order valence-electron chi connectivity index (χ2n) is 7.24. The van der Waals surface area contributed by atoms with Gasteiger partial charge in [0.25, 0.3) is 5.91 Å². The van der Waals surface area contributed by atoms with Crippen molar-refractivity contribution in [3.05, 3.63) is 101 Å². The van der Waals surface area contributed by atoms with Gasteiger partial charge in [-0.25, -0.2) is 8.78 Å². The van der Waals surface area contributed by atoms with E-state index in [1.807, 2.05) is 0 Å². The molecule has 3 aromatic carbocycles. The van der Waals surface area contributed by atoms with Gasteiger partial charge in [-0.2, -0.15) is 0 Å². The van der Waals surface area contributed by atoms with Crippen molar-refractivity contribution in [2.45, 2.75) is 12.1 Å². The number of benzene rings is 3. The average molecular weight is 436 g/mol. The molecule has 1 aliphatic rings. The van der Waals surface area contributed by atoms with Crippen LogP contribution in [0.15, 0.2) is 72.8 Å². The predicted octanol–water partition coefficient (Wildman–Crippen LogP) is 2.99. The molecule has 0 aromatic heterocycles. The Morgan fingerprint density at radius 2 is 1.56 bits per heavy atom. The first kappa shape index (κ1) is 21.2. The summed E-state index contributed by atoms with van der Waals surface area (Å²) in [6.45, 7) is 0. The third kappa shape index (κ3) is 4.49. The van der Waals surface area contributed by atoms with Gasteiger partial charge >= 0.3 is 5.91 Å². The maximum Gasteiger partial charge on any atom is 0.304 e. The van der Waals surface area contributed by atoms with Gasteiger partial charge in [-0.1, -0.05) is 0 Å². The lowest BCUT2D eigenvalue weighted by atomic mass is 9.99. The summed E-state index contributed by atoms with van der Waals surface area (Å²) in [5.74, 6) is -1.11. The number of methoxy groups -OCH3 is 1. The standard InChI is InChI=1S/C24H19F2N3O3/c1-32-20-12-6-16(7-13-20)22-21(27-23(30)17-4-10-19(26)11-5-17)24(31)28-29(22)14-15-2-8-18(25)9-3-15/h2-14,21-22H,1H3,(H-,27,28,30,31)/p+1/b29-14-/t21-,22-/m0/s1. The molecule has 3 aromatic rings. The SMILES string of the molecule is COc1ccc([C@H]2[C@H](NC(=O)c3ccc(F)cc3)C(=O)N/[N+]2=C\c2ccc(F)cc2)cc1. The Morgan fingerprint density at radius 3 is 2.16 bits per heavy atom. The second kappa shape index (κ2) is 8.97. The smallest absolute Gasteiger partial charge is 0.304 e. The van der Waals surface area contributed by atoms with E-state index in [0.29, 0.717) is 11.3 Å². The van der Waals surface area contributed by atoms with E-state index in [1.165, 1.54) is 36.4 Å². The quantitative estimate of drug-likeness (QED) is 0.605. The number of halogens is 2. The van der Waals surface area contributed by atoms with Crippen LogP contribution in [0, 0.1) is 11.6 Å². The molecule has 1 aliphatic heterocycles. The number of hydrogen-bond donors (Lipinski definition) is 2. The van der Waals surface area contributed by atoms with Gasteiger partial charge in [0.2, 0.25) is 12.3 Å². The van der Waals surface area contributed by atoms with Gasteiger partial charge in [0, 0.05) is 16.7 Å². The number of nitrogens with one attached hydrogen (secondary N) is 2. The van der Waals surface area contributed by atoms with Gasteiger partial charge in [-0.15, -0.1) is 10.1 Å². The highest BCUT2D eigenvalue weighted by molar-refractivity contribution is 5.98. The highest BCUT2D eigenvalue weighted by Gasteiger charge is 2.47. The molecular weight excluding hydrogens is 416 g/mol. The van der Waals surface area contributed by atoms with Crippen LogP contribution in [0.1, 0.15) is 27.5 Å². The lowest BCUT2D eigenvalue weighted by Crippen LogP contribution is -2.42. The molecule has 2 atom stereocenters. The molecule has 2 N–H and O–H groups in total. The van der Waals surface area contributed by atoms with E-state index in [0.717, 1.165) is 5.56 Å². The van der Waals surface area contributed by atoms with Crippen molar-refractivity contribution < 1.29 is 27.8 Å². The fourth-order valence-corrected chi connectivity index (χ4v) is 3.52. The van der Waals surface area contributed by atoms with Crippen LogP contribution >= 0.6 is 0 Å².